The van der Waals surface area contributed by atoms with Gasteiger partial charge in [-0.25, -0.2) is 8.42 Å². The zero-order valence-electron chi connectivity index (χ0n) is 15.8. The van der Waals surface area contributed by atoms with Crippen LogP contribution >= 0.6 is 0 Å². The van der Waals surface area contributed by atoms with Crippen LogP contribution in [-0.4, -0.2) is 34.2 Å². The van der Waals surface area contributed by atoms with Gasteiger partial charge in [0.15, 0.2) is 9.84 Å². The van der Waals surface area contributed by atoms with E-state index in [4.69, 9.17) is 9.15 Å². The summed E-state index contributed by atoms with van der Waals surface area (Å²) in [6.07, 6.45) is 1.63. The number of furan rings is 1. The van der Waals surface area contributed by atoms with Crippen molar-refractivity contribution in [3.63, 3.8) is 0 Å². The first-order valence-electron chi connectivity index (χ1n) is 8.94. The number of ether oxygens (including phenoxy) is 1. The molecule has 0 bridgehead atoms. The van der Waals surface area contributed by atoms with Crippen molar-refractivity contribution in [2.75, 3.05) is 19.9 Å². The second-order valence-electron chi connectivity index (χ2n) is 6.63. The molecule has 0 spiro atoms. The van der Waals surface area contributed by atoms with Crippen LogP contribution in [0, 0.1) is 0 Å². The number of hydrogen-bond acceptors (Lipinski definition) is 5. The van der Waals surface area contributed by atoms with Gasteiger partial charge in [0.05, 0.1) is 11.4 Å². The highest BCUT2D eigenvalue weighted by Crippen LogP contribution is 2.25. The molecule has 1 aromatic heterocycles. The van der Waals surface area contributed by atoms with Gasteiger partial charge in [0.2, 0.25) is 5.91 Å². The minimum absolute atomic E-state index is 0.106. The highest BCUT2D eigenvalue weighted by molar-refractivity contribution is 7.90. The van der Waals surface area contributed by atoms with E-state index in [-0.39, 0.29) is 16.9 Å². The van der Waals surface area contributed by atoms with E-state index in [2.05, 4.69) is 5.32 Å². The van der Waals surface area contributed by atoms with Crippen LogP contribution in [0.4, 0.5) is 0 Å². The molecule has 1 atom stereocenters. The number of hydrogen-bond donors (Lipinski definition) is 1. The molecule has 6 nitrogen and oxygen atoms in total. The monoisotopic (exact) mass is 401 g/mol. The molecule has 1 amide bonds. The second kappa shape index (κ2) is 8.58. The zero-order valence-corrected chi connectivity index (χ0v) is 16.7. The summed E-state index contributed by atoms with van der Waals surface area (Å²) >= 11 is 0. The Balaban J connectivity index is 1.52. The van der Waals surface area contributed by atoms with Gasteiger partial charge < -0.3 is 14.5 Å². The number of rotatable bonds is 8. The molecular weight excluding hydrogens is 378 g/mol. The fourth-order valence-electron chi connectivity index (χ4n) is 2.92. The van der Waals surface area contributed by atoms with Gasteiger partial charge in [-0.1, -0.05) is 30.3 Å². The molecular formula is C21H23NO5S. The maximum Gasteiger partial charge on any atom is 0.220 e. The fraction of sp³-hybridized carbons (Fsp3) is 0.286. The molecule has 148 valence electrons. The number of carbonyl (C=O) groups excluding carboxylic acids is 1. The molecule has 0 radical (unpaired) electrons. The number of fused-ring (bicyclic) bond motifs is 1. The van der Waals surface area contributed by atoms with Crippen LogP contribution in [0.1, 0.15) is 23.8 Å². The molecule has 2 aromatic carbocycles. The largest absolute Gasteiger partial charge is 0.458 e. The van der Waals surface area contributed by atoms with Crippen LogP contribution in [-0.2, 0) is 25.8 Å². The molecule has 0 aliphatic carbocycles. The van der Waals surface area contributed by atoms with Crippen molar-refractivity contribution in [2.24, 2.45) is 0 Å². The van der Waals surface area contributed by atoms with E-state index in [9.17, 15) is 13.2 Å². The first kappa shape index (κ1) is 20.1. The average Bonchev–Trinajstić information content (AvgIpc) is 3.10. The summed E-state index contributed by atoms with van der Waals surface area (Å²) in [4.78, 5) is 12.4. The van der Waals surface area contributed by atoms with Gasteiger partial charge in [-0.3, -0.25) is 4.79 Å². The van der Waals surface area contributed by atoms with Gasteiger partial charge in [-0.15, -0.1) is 0 Å². The van der Waals surface area contributed by atoms with Crippen molar-refractivity contribution in [2.45, 2.75) is 23.8 Å². The first-order valence-corrected chi connectivity index (χ1v) is 10.8. The highest BCUT2D eigenvalue weighted by atomic mass is 32.2. The standard InChI is InChI=1S/C21H23NO5S/c1-26-20(19-13-16-5-3-4-6-18(16)27-19)14-22-21(23)12-9-15-7-10-17(11-8-15)28(2,24)25/h3-8,10-11,13,20H,9,12,14H2,1-2H3,(H,22,23)/t20-/m0/s1. The predicted octanol–water partition coefficient (Wildman–Crippen LogP) is 3.27. The number of benzene rings is 2. The lowest BCUT2D eigenvalue weighted by Gasteiger charge is -2.13. The van der Waals surface area contributed by atoms with Gasteiger partial charge in [0.25, 0.3) is 0 Å². The van der Waals surface area contributed by atoms with Crippen molar-refractivity contribution >= 4 is 26.7 Å². The summed E-state index contributed by atoms with van der Waals surface area (Å²) in [5.74, 6) is 0.561. The third-order valence-corrected chi connectivity index (χ3v) is 5.65. The molecule has 0 saturated carbocycles. The predicted molar refractivity (Wildman–Crippen MR) is 107 cm³/mol. The summed E-state index contributed by atoms with van der Waals surface area (Å²) in [5.41, 5.74) is 1.69. The number of carbonyl (C=O) groups is 1. The van der Waals surface area contributed by atoms with Gasteiger partial charge in [0, 0.05) is 25.2 Å². The molecule has 3 rings (SSSR count). The lowest BCUT2D eigenvalue weighted by molar-refractivity contribution is -0.121. The van der Waals surface area contributed by atoms with E-state index in [1.54, 1.807) is 31.4 Å². The van der Waals surface area contributed by atoms with E-state index in [1.807, 2.05) is 30.3 Å². The lowest BCUT2D eigenvalue weighted by Crippen LogP contribution is -2.29. The highest BCUT2D eigenvalue weighted by Gasteiger charge is 2.17. The van der Waals surface area contributed by atoms with Crippen molar-refractivity contribution < 1.29 is 22.4 Å². The maximum absolute atomic E-state index is 12.2. The van der Waals surface area contributed by atoms with Crippen LogP contribution < -0.4 is 5.32 Å². The third kappa shape index (κ3) is 4.99. The Morgan fingerprint density at radius 1 is 1.14 bits per heavy atom. The van der Waals surface area contributed by atoms with Crippen molar-refractivity contribution in [1.82, 2.24) is 5.32 Å². The fourth-order valence-corrected chi connectivity index (χ4v) is 3.55. The Kier molecular flexibility index (Phi) is 6.16. The number of methoxy groups -OCH3 is 1. The average molecular weight is 401 g/mol. The second-order valence-corrected chi connectivity index (χ2v) is 8.65. The van der Waals surface area contributed by atoms with Crippen LogP contribution in [0.5, 0.6) is 0 Å². The van der Waals surface area contributed by atoms with Gasteiger partial charge >= 0.3 is 0 Å². The van der Waals surface area contributed by atoms with Gasteiger partial charge in [-0.05, 0) is 36.2 Å². The normalized spacial score (nSPS) is 12.8. The van der Waals surface area contributed by atoms with Crippen molar-refractivity contribution in [3.8, 4) is 0 Å². The summed E-state index contributed by atoms with van der Waals surface area (Å²) in [6, 6.07) is 16.2. The number of para-hydroxylation sites is 1. The van der Waals surface area contributed by atoms with Crippen molar-refractivity contribution in [3.05, 3.63) is 65.9 Å². The molecule has 0 unspecified atom stereocenters. The Bertz CT molecular complexity index is 1020. The minimum atomic E-state index is -3.21. The molecule has 0 saturated heterocycles. The van der Waals surface area contributed by atoms with E-state index < -0.39 is 9.84 Å². The Morgan fingerprint density at radius 2 is 1.86 bits per heavy atom. The SMILES string of the molecule is CO[C@@H](CNC(=O)CCc1ccc(S(C)(=O)=O)cc1)c1cc2ccccc2o1. The zero-order chi connectivity index (χ0) is 20.1. The molecule has 0 fully saturated rings. The van der Waals surface area contributed by atoms with E-state index >= 15 is 0 Å². The Morgan fingerprint density at radius 3 is 2.50 bits per heavy atom. The smallest absolute Gasteiger partial charge is 0.220 e. The molecule has 0 aliphatic rings. The molecule has 1 N–H and O–H groups in total. The van der Waals surface area contributed by atoms with Crippen LogP contribution in [0.2, 0.25) is 0 Å². The maximum atomic E-state index is 12.2. The van der Waals surface area contributed by atoms with Crippen LogP contribution in [0.15, 0.2) is 63.9 Å². The minimum Gasteiger partial charge on any atom is -0.458 e. The molecule has 7 heteroatoms. The van der Waals surface area contributed by atoms with Crippen LogP contribution in [0.3, 0.4) is 0 Å². The summed E-state index contributed by atoms with van der Waals surface area (Å²) in [7, 11) is -1.63. The lowest BCUT2D eigenvalue weighted by atomic mass is 10.1. The molecule has 3 aromatic rings. The third-order valence-electron chi connectivity index (χ3n) is 4.52. The quantitative estimate of drug-likeness (QED) is 0.626. The number of nitrogens with one attached hydrogen (secondary N) is 1. The van der Waals surface area contributed by atoms with E-state index in [0.717, 1.165) is 16.5 Å². The Labute approximate surface area is 164 Å². The van der Waals surface area contributed by atoms with E-state index in [0.29, 0.717) is 25.1 Å². The summed E-state index contributed by atoms with van der Waals surface area (Å²) in [5, 5.41) is 3.85. The number of amides is 1. The van der Waals surface area contributed by atoms with Crippen LogP contribution in [0.25, 0.3) is 11.0 Å². The molecule has 1 heterocycles. The summed E-state index contributed by atoms with van der Waals surface area (Å²) < 4.78 is 34.2. The number of aryl methyl sites for hydroxylation is 1. The van der Waals surface area contributed by atoms with Crippen molar-refractivity contribution in [1.29, 1.82) is 0 Å². The molecule has 0 aliphatic heterocycles. The van der Waals surface area contributed by atoms with E-state index in [1.165, 1.54) is 6.26 Å². The van der Waals surface area contributed by atoms with Gasteiger partial charge in [0.1, 0.15) is 17.4 Å². The molecule has 28 heavy (non-hydrogen) atoms. The summed E-state index contributed by atoms with van der Waals surface area (Å²) in [6.45, 7) is 0.308. The Hall–Kier alpha value is -2.64. The number of sulfone groups is 1. The van der Waals surface area contributed by atoms with Gasteiger partial charge in [-0.2, -0.15) is 0 Å². The first-order chi connectivity index (χ1) is 13.4. The topological polar surface area (TPSA) is 85.6 Å².